The molecule has 0 spiro atoms. The summed E-state index contributed by atoms with van der Waals surface area (Å²) in [6.45, 7) is 0. The molecule has 0 amide bonds. The summed E-state index contributed by atoms with van der Waals surface area (Å²) in [6, 6.07) is 0. The lowest BCUT2D eigenvalue weighted by molar-refractivity contribution is 0.655. The molecule has 0 rings (SSSR count). The molecule has 0 aromatic carbocycles. The van der Waals surface area contributed by atoms with Gasteiger partial charge in [-0.2, -0.15) is 0 Å². The Morgan fingerprint density at radius 2 is 1.25 bits per heavy atom. The molecule has 26 valence electrons. The summed E-state index contributed by atoms with van der Waals surface area (Å²) < 4.78 is 15.0. The van der Waals surface area contributed by atoms with Gasteiger partial charge in [-0.3, -0.25) is 0 Å². The zero-order chi connectivity index (χ0) is 3.41. The Balaban J connectivity index is 1.97. The summed E-state index contributed by atoms with van der Waals surface area (Å²) in [5.74, 6) is 0. The highest BCUT2D eigenvalue weighted by atomic mass is 33.1. The Kier molecular flexibility index (Phi) is 4.18. The van der Waals surface area contributed by atoms with Crippen LogP contribution < -0.4 is 0 Å². The van der Waals surface area contributed by atoms with Crippen molar-refractivity contribution in [2.24, 2.45) is 0 Å². The van der Waals surface area contributed by atoms with E-state index in [1.165, 1.54) is 0 Å². The molecule has 0 aromatic heterocycles. The first-order valence-corrected chi connectivity index (χ1v) is 2.60. The van der Waals surface area contributed by atoms with Crippen LogP contribution in [0.15, 0.2) is 0 Å². The van der Waals surface area contributed by atoms with E-state index >= 15 is 0 Å². The molecule has 0 fully saturated rings. The predicted molar refractivity (Wildman–Crippen MR) is 20.4 cm³/mol. The van der Waals surface area contributed by atoms with Crippen molar-refractivity contribution >= 4 is 22.1 Å². The van der Waals surface area contributed by atoms with E-state index in [1.54, 1.807) is 0 Å². The zero-order valence-corrected chi connectivity index (χ0v) is 3.34. The lowest BCUT2D eigenvalue weighted by Gasteiger charge is -1.66. The average molecular weight is 98.1 g/mol. The lowest BCUT2D eigenvalue weighted by atomic mass is 15.9. The van der Waals surface area contributed by atoms with E-state index in [4.69, 9.17) is 9.11 Å². The lowest BCUT2D eigenvalue weighted by Crippen LogP contribution is -1.32. The highest BCUT2D eigenvalue weighted by Crippen LogP contribution is 2.07. The van der Waals surface area contributed by atoms with Crippen molar-refractivity contribution in [3.63, 3.8) is 0 Å². The highest BCUT2D eigenvalue weighted by Gasteiger charge is 1.61. The van der Waals surface area contributed by atoms with Gasteiger partial charge in [0, 0.05) is 0 Å². The fourth-order valence-corrected chi connectivity index (χ4v) is 0. The van der Waals surface area contributed by atoms with Crippen LogP contribution in [0.1, 0.15) is 0 Å². The standard InChI is InChI=1S/H2O2S2/c1-3-4-2/h1-2H. The van der Waals surface area contributed by atoms with Crippen LogP contribution in [-0.4, -0.2) is 9.11 Å². The molecule has 4 heteroatoms. The van der Waals surface area contributed by atoms with Gasteiger partial charge < -0.3 is 9.11 Å². The summed E-state index contributed by atoms with van der Waals surface area (Å²) in [4.78, 5) is 0. The maximum atomic E-state index is 7.50. The molecule has 0 aromatic rings. The van der Waals surface area contributed by atoms with Gasteiger partial charge in [0.25, 0.3) is 0 Å². The summed E-state index contributed by atoms with van der Waals surface area (Å²) in [5, 5.41) is 0. The van der Waals surface area contributed by atoms with Gasteiger partial charge in [-0.25, -0.2) is 0 Å². The Morgan fingerprint density at radius 3 is 1.25 bits per heavy atom. The highest BCUT2D eigenvalue weighted by molar-refractivity contribution is 8.72. The smallest absolute Gasteiger partial charge is 0.0894 e. The van der Waals surface area contributed by atoms with Crippen LogP contribution in [0.25, 0.3) is 0 Å². The van der Waals surface area contributed by atoms with Gasteiger partial charge in [-0.05, 0) is 0 Å². The molecule has 4 heavy (non-hydrogen) atoms. The molecule has 0 aliphatic carbocycles. The Morgan fingerprint density at radius 1 is 1.00 bits per heavy atom. The van der Waals surface area contributed by atoms with E-state index in [-0.39, 0.29) is 0 Å². The molecular formula is H2O2S2. The maximum Gasteiger partial charge on any atom is 0.0894 e. The minimum absolute atomic E-state index is 0.329. The van der Waals surface area contributed by atoms with Crippen molar-refractivity contribution in [3.8, 4) is 0 Å². The second-order valence-corrected chi connectivity index (χ2v) is 1.34. The minimum Gasteiger partial charge on any atom is -0.319 e. The van der Waals surface area contributed by atoms with Gasteiger partial charge in [0.2, 0.25) is 0 Å². The van der Waals surface area contributed by atoms with Gasteiger partial charge in [-0.1, -0.05) is 0 Å². The third-order valence-electron chi connectivity index (χ3n) is 0.0333. The first kappa shape index (κ1) is 4.62. The first-order chi connectivity index (χ1) is 1.91. The quantitative estimate of drug-likeness (QED) is 0.383. The monoisotopic (exact) mass is 97.9 g/mol. The number of rotatable bonds is 1. The van der Waals surface area contributed by atoms with Gasteiger partial charge in [-0.15, -0.1) is 0 Å². The average Bonchev–Trinajstić information content (AvgIpc) is 1.37. The SMILES string of the molecule is OSSO. The molecule has 0 aliphatic rings. The molecule has 0 saturated heterocycles. The van der Waals surface area contributed by atoms with E-state index < -0.39 is 0 Å². The normalized spacial score (nSPS) is 7.50. The van der Waals surface area contributed by atoms with Crippen molar-refractivity contribution in [2.45, 2.75) is 0 Å². The van der Waals surface area contributed by atoms with Gasteiger partial charge in [0.15, 0.2) is 0 Å². The third kappa shape index (κ3) is 2.62. The minimum atomic E-state index is 0.329. The van der Waals surface area contributed by atoms with Crippen molar-refractivity contribution in [1.29, 1.82) is 0 Å². The first-order valence-electron chi connectivity index (χ1n) is 0.532. The van der Waals surface area contributed by atoms with Crippen LogP contribution in [0.3, 0.4) is 0 Å². The van der Waals surface area contributed by atoms with E-state index in [0.717, 1.165) is 0 Å². The van der Waals surface area contributed by atoms with Crippen molar-refractivity contribution in [1.82, 2.24) is 0 Å². The van der Waals surface area contributed by atoms with Crippen LogP contribution in [0, 0.1) is 0 Å². The summed E-state index contributed by atoms with van der Waals surface area (Å²) in [5.41, 5.74) is 0. The summed E-state index contributed by atoms with van der Waals surface area (Å²) in [6.07, 6.45) is 0. The van der Waals surface area contributed by atoms with Crippen LogP contribution in [0.5, 0.6) is 0 Å². The second kappa shape index (κ2) is 3.62. The fourth-order valence-electron chi connectivity index (χ4n) is 0. The van der Waals surface area contributed by atoms with Gasteiger partial charge in [0.05, 0.1) is 22.1 Å². The Hall–Kier alpha value is 0.620. The van der Waals surface area contributed by atoms with Crippen LogP contribution in [0.2, 0.25) is 0 Å². The second-order valence-electron chi connectivity index (χ2n) is 0.149. The molecule has 0 unspecified atom stereocenters. The topological polar surface area (TPSA) is 40.5 Å². The molecule has 2 N–H and O–H groups in total. The van der Waals surface area contributed by atoms with Crippen LogP contribution in [-0.2, 0) is 0 Å². The van der Waals surface area contributed by atoms with Crippen LogP contribution >= 0.6 is 22.1 Å². The van der Waals surface area contributed by atoms with Gasteiger partial charge >= 0.3 is 0 Å². The largest absolute Gasteiger partial charge is 0.319 e. The molecule has 0 saturated carbocycles. The maximum absolute atomic E-state index is 7.50. The Labute approximate surface area is 32.0 Å². The summed E-state index contributed by atoms with van der Waals surface area (Å²) >= 11 is 0.657. The number of hydrogen-bond donors (Lipinski definition) is 2. The molecular weight excluding hydrogens is 96.1 g/mol. The van der Waals surface area contributed by atoms with E-state index in [0.29, 0.717) is 22.1 Å². The number of hydrogen-bond acceptors (Lipinski definition) is 4. The van der Waals surface area contributed by atoms with E-state index in [9.17, 15) is 0 Å². The molecule has 0 radical (unpaired) electrons. The van der Waals surface area contributed by atoms with E-state index in [1.807, 2.05) is 0 Å². The summed E-state index contributed by atoms with van der Waals surface area (Å²) in [7, 11) is 0. The van der Waals surface area contributed by atoms with E-state index in [2.05, 4.69) is 0 Å². The van der Waals surface area contributed by atoms with Crippen molar-refractivity contribution in [3.05, 3.63) is 0 Å². The van der Waals surface area contributed by atoms with Gasteiger partial charge in [0.1, 0.15) is 0 Å². The Bertz CT molecular complexity index is 6.00. The van der Waals surface area contributed by atoms with Crippen molar-refractivity contribution in [2.75, 3.05) is 0 Å². The molecule has 2 nitrogen and oxygen atoms in total. The molecule has 0 heterocycles. The van der Waals surface area contributed by atoms with Crippen molar-refractivity contribution < 1.29 is 9.11 Å². The fraction of sp³-hybridized carbons (Fsp3) is 0. The zero-order valence-electron chi connectivity index (χ0n) is 1.71. The molecule has 0 bridgehead atoms. The predicted octanol–water partition coefficient (Wildman–Crippen LogP) is 1.31. The van der Waals surface area contributed by atoms with Crippen LogP contribution in [0.4, 0.5) is 0 Å². The third-order valence-corrected chi connectivity index (χ3v) is 0.300. The molecule has 0 aliphatic heterocycles. The molecule has 0 atom stereocenters.